The van der Waals surface area contributed by atoms with Crippen LogP contribution in [0.5, 0.6) is 0 Å². The molecule has 0 aromatic rings. The van der Waals surface area contributed by atoms with Gasteiger partial charge in [0.05, 0.1) is 0 Å². The van der Waals surface area contributed by atoms with E-state index in [9.17, 15) is 0 Å². The highest BCUT2D eigenvalue weighted by Crippen LogP contribution is 2.22. The zero-order valence-corrected chi connectivity index (χ0v) is 14.1. The molecule has 0 aliphatic carbocycles. The maximum absolute atomic E-state index is 2.43. The van der Waals surface area contributed by atoms with Crippen LogP contribution in [0.3, 0.4) is 0 Å². The molecule has 0 bridgehead atoms. The molecule has 0 fully saturated rings. The normalized spacial score (nSPS) is 12.7. The van der Waals surface area contributed by atoms with Crippen molar-refractivity contribution in [2.45, 2.75) is 100 Å². The molecule has 0 saturated carbocycles. The molecule has 0 aromatic carbocycles. The SMILES string of the molecule is CC.CC.CCCCCC(C)C(C)CCCC. The van der Waals surface area contributed by atoms with Gasteiger partial charge in [-0.1, -0.05) is 100 Å². The van der Waals surface area contributed by atoms with Crippen molar-refractivity contribution >= 4 is 0 Å². The number of hydrogen-bond acceptors (Lipinski definition) is 0. The molecule has 2 atom stereocenters. The lowest BCUT2D eigenvalue weighted by Crippen LogP contribution is -2.07. The van der Waals surface area contributed by atoms with Gasteiger partial charge >= 0.3 is 0 Å². The van der Waals surface area contributed by atoms with Crippen LogP contribution in [0.2, 0.25) is 0 Å². The molecule has 108 valence electrons. The van der Waals surface area contributed by atoms with Gasteiger partial charge in [-0.25, -0.2) is 0 Å². The summed E-state index contributed by atoms with van der Waals surface area (Å²) < 4.78 is 0. The van der Waals surface area contributed by atoms with Crippen molar-refractivity contribution in [3.8, 4) is 0 Å². The molecule has 0 saturated heterocycles. The molecule has 0 radical (unpaired) electrons. The zero-order valence-electron chi connectivity index (χ0n) is 14.1. The Balaban J connectivity index is -0.000000439. The van der Waals surface area contributed by atoms with Gasteiger partial charge in [0.25, 0.3) is 0 Å². The fourth-order valence-electron chi connectivity index (χ4n) is 1.81. The van der Waals surface area contributed by atoms with Crippen molar-refractivity contribution in [1.29, 1.82) is 0 Å². The molecule has 0 aliphatic rings. The maximum atomic E-state index is 2.43. The van der Waals surface area contributed by atoms with Crippen molar-refractivity contribution < 1.29 is 0 Å². The molecule has 0 N–H and O–H groups in total. The number of hydrogen-bond donors (Lipinski definition) is 0. The highest BCUT2D eigenvalue weighted by molar-refractivity contribution is 4.62. The van der Waals surface area contributed by atoms with Crippen LogP contribution in [0.25, 0.3) is 0 Å². The van der Waals surface area contributed by atoms with Crippen LogP contribution >= 0.6 is 0 Å². The van der Waals surface area contributed by atoms with E-state index in [2.05, 4.69) is 27.7 Å². The molecule has 0 amide bonds. The molecular weight excluding hydrogens is 204 g/mol. The quantitative estimate of drug-likeness (QED) is 0.400. The predicted octanol–water partition coefficient (Wildman–Crippen LogP) is 7.08. The lowest BCUT2D eigenvalue weighted by molar-refractivity contribution is 0.326. The Morgan fingerprint density at radius 2 is 0.941 bits per heavy atom. The Hall–Kier alpha value is 0. The van der Waals surface area contributed by atoms with E-state index in [1.54, 1.807) is 0 Å². The van der Waals surface area contributed by atoms with Crippen LogP contribution < -0.4 is 0 Å². The van der Waals surface area contributed by atoms with E-state index in [1.807, 2.05) is 27.7 Å². The van der Waals surface area contributed by atoms with E-state index in [-0.39, 0.29) is 0 Å². The van der Waals surface area contributed by atoms with Gasteiger partial charge in [-0.05, 0) is 11.8 Å². The summed E-state index contributed by atoms with van der Waals surface area (Å²) in [6, 6.07) is 0. The molecule has 0 aliphatic heterocycles. The summed E-state index contributed by atoms with van der Waals surface area (Å²) >= 11 is 0. The third-order valence-electron chi connectivity index (χ3n) is 3.25. The summed E-state index contributed by atoms with van der Waals surface area (Å²) in [6.45, 7) is 17.4. The highest BCUT2D eigenvalue weighted by Gasteiger charge is 2.10. The summed E-state index contributed by atoms with van der Waals surface area (Å²) in [5, 5.41) is 0. The summed E-state index contributed by atoms with van der Waals surface area (Å²) in [5.41, 5.74) is 0. The van der Waals surface area contributed by atoms with Crippen LogP contribution in [-0.4, -0.2) is 0 Å². The summed E-state index contributed by atoms with van der Waals surface area (Å²) in [7, 11) is 0. The van der Waals surface area contributed by atoms with E-state index in [0.29, 0.717) is 0 Å². The van der Waals surface area contributed by atoms with E-state index in [4.69, 9.17) is 0 Å². The summed E-state index contributed by atoms with van der Waals surface area (Å²) in [5.74, 6) is 1.88. The predicted molar refractivity (Wildman–Crippen MR) is 84.7 cm³/mol. The van der Waals surface area contributed by atoms with E-state index >= 15 is 0 Å². The van der Waals surface area contributed by atoms with Crippen LogP contribution in [0, 0.1) is 11.8 Å². The summed E-state index contributed by atoms with van der Waals surface area (Å²) in [4.78, 5) is 0. The molecule has 0 heterocycles. The minimum atomic E-state index is 0.941. The van der Waals surface area contributed by atoms with Gasteiger partial charge in [-0.3, -0.25) is 0 Å². The van der Waals surface area contributed by atoms with Gasteiger partial charge < -0.3 is 0 Å². The summed E-state index contributed by atoms with van der Waals surface area (Å²) in [6.07, 6.45) is 9.86. The van der Waals surface area contributed by atoms with Crippen molar-refractivity contribution in [3.05, 3.63) is 0 Å². The Labute approximate surface area is 113 Å². The fourth-order valence-corrected chi connectivity index (χ4v) is 1.81. The zero-order chi connectivity index (χ0) is 14.1. The average molecular weight is 245 g/mol. The molecule has 0 spiro atoms. The third kappa shape index (κ3) is 18.6. The number of rotatable bonds is 8. The molecule has 0 heteroatoms. The topological polar surface area (TPSA) is 0 Å². The molecular formula is C17H40. The first-order valence-electron chi connectivity index (χ1n) is 8.22. The minimum Gasteiger partial charge on any atom is -0.0683 e. The second-order valence-corrected chi connectivity index (χ2v) is 4.59. The first-order valence-corrected chi connectivity index (χ1v) is 8.22. The van der Waals surface area contributed by atoms with Gasteiger partial charge in [0, 0.05) is 0 Å². The molecule has 0 rings (SSSR count). The monoisotopic (exact) mass is 244 g/mol. The van der Waals surface area contributed by atoms with Gasteiger partial charge in [-0.2, -0.15) is 0 Å². The van der Waals surface area contributed by atoms with Crippen molar-refractivity contribution in [2.24, 2.45) is 11.8 Å². The third-order valence-corrected chi connectivity index (χ3v) is 3.25. The lowest BCUT2D eigenvalue weighted by Gasteiger charge is -2.19. The largest absolute Gasteiger partial charge is 0.0683 e. The maximum Gasteiger partial charge on any atom is -0.0417 e. The Kier molecular flexibility index (Phi) is 27.8. The first-order chi connectivity index (χ1) is 8.22. The fraction of sp³-hybridized carbons (Fsp3) is 1.00. The Bertz CT molecular complexity index is 96.2. The highest BCUT2D eigenvalue weighted by atomic mass is 14.2. The van der Waals surface area contributed by atoms with Gasteiger partial charge in [0.15, 0.2) is 0 Å². The minimum absolute atomic E-state index is 0.941. The van der Waals surface area contributed by atoms with Crippen LogP contribution in [0.15, 0.2) is 0 Å². The van der Waals surface area contributed by atoms with Gasteiger partial charge in [-0.15, -0.1) is 0 Å². The Morgan fingerprint density at radius 3 is 1.29 bits per heavy atom. The average Bonchev–Trinajstić information content (AvgIpc) is 2.40. The molecule has 0 aromatic heterocycles. The van der Waals surface area contributed by atoms with E-state index in [0.717, 1.165) is 11.8 Å². The van der Waals surface area contributed by atoms with Crippen molar-refractivity contribution in [1.82, 2.24) is 0 Å². The molecule has 0 nitrogen and oxygen atoms in total. The number of unbranched alkanes of at least 4 members (excludes halogenated alkanes) is 3. The smallest absolute Gasteiger partial charge is 0.0417 e. The van der Waals surface area contributed by atoms with E-state index < -0.39 is 0 Å². The first kappa shape index (κ1) is 22.2. The van der Waals surface area contributed by atoms with Gasteiger partial charge in [0.1, 0.15) is 0 Å². The molecule has 2 unspecified atom stereocenters. The van der Waals surface area contributed by atoms with E-state index in [1.165, 1.54) is 44.9 Å². The van der Waals surface area contributed by atoms with Crippen LogP contribution in [0.4, 0.5) is 0 Å². The second kappa shape index (κ2) is 21.3. The van der Waals surface area contributed by atoms with Crippen molar-refractivity contribution in [2.75, 3.05) is 0 Å². The van der Waals surface area contributed by atoms with Crippen LogP contribution in [0.1, 0.15) is 100 Å². The Morgan fingerprint density at radius 1 is 0.588 bits per heavy atom. The molecule has 17 heavy (non-hydrogen) atoms. The second-order valence-electron chi connectivity index (χ2n) is 4.59. The van der Waals surface area contributed by atoms with Gasteiger partial charge in [0.2, 0.25) is 0 Å². The standard InChI is InChI=1S/C13H28.2C2H6/c1-5-7-9-11-13(4)12(3)10-8-6-2;2*1-2/h12-13H,5-11H2,1-4H3;2*1-2H3. The lowest BCUT2D eigenvalue weighted by atomic mass is 9.87. The van der Waals surface area contributed by atoms with Crippen LogP contribution in [-0.2, 0) is 0 Å². The van der Waals surface area contributed by atoms with Crippen molar-refractivity contribution in [3.63, 3.8) is 0 Å².